The first-order valence-corrected chi connectivity index (χ1v) is 11.4. The van der Waals surface area contributed by atoms with Crippen LogP contribution in [-0.4, -0.2) is 36.6 Å². The van der Waals surface area contributed by atoms with Crippen molar-refractivity contribution >= 4 is 34.2 Å². The third-order valence-electron chi connectivity index (χ3n) is 5.95. The molecule has 1 atom stereocenters. The van der Waals surface area contributed by atoms with Crippen molar-refractivity contribution in [1.82, 2.24) is 24.1 Å². The third kappa shape index (κ3) is 4.59. The maximum absolute atomic E-state index is 13.3. The minimum atomic E-state index is -0.587. The zero-order valence-corrected chi connectivity index (χ0v) is 20.4. The maximum Gasteiger partial charge on any atom is 0.352 e. The van der Waals surface area contributed by atoms with E-state index < -0.39 is 11.6 Å². The molecule has 10 nitrogen and oxygen atoms in total. The van der Waals surface area contributed by atoms with Crippen molar-refractivity contribution in [1.29, 1.82) is 0 Å². The third-order valence-corrected chi connectivity index (χ3v) is 5.95. The number of aromatic nitrogens is 4. The molecule has 182 valence electrons. The van der Waals surface area contributed by atoms with Gasteiger partial charge in [-0.1, -0.05) is 13.0 Å². The van der Waals surface area contributed by atoms with E-state index >= 15 is 0 Å². The van der Waals surface area contributed by atoms with Gasteiger partial charge in [0, 0.05) is 24.3 Å². The quantitative estimate of drug-likeness (QED) is 0.442. The monoisotopic (exact) mass is 476 g/mol. The van der Waals surface area contributed by atoms with Gasteiger partial charge in [0.15, 0.2) is 0 Å². The highest BCUT2D eigenvalue weighted by atomic mass is 16.2. The summed E-state index contributed by atoms with van der Waals surface area (Å²) < 4.78 is 3.51. The highest BCUT2D eigenvalue weighted by Gasteiger charge is 2.19. The SMILES string of the molecule is CCC(C)NC(=O)c1ccc2c(=O)n(C)c3nn(CC(=O)Nc4cc(C)cc(C)c4)c(=O)n3c2c1. The van der Waals surface area contributed by atoms with E-state index in [0.717, 1.165) is 22.2 Å². The Bertz CT molecular complexity index is 1570. The lowest BCUT2D eigenvalue weighted by molar-refractivity contribution is -0.117. The number of hydrogen-bond acceptors (Lipinski definition) is 5. The van der Waals surface area contributed by atoms with Gasteiger partial charge in [0.1, 0.15) is 6.54 Å². The molecule has 0 aliphatic heterocycles. The van der Waals surface area contributed by atoms with E-state index in [1.165, 1.54) is 28.1 Å². The molecule has 0 bridgehead atoms. The van der Waals surface area contributed by atoms with Crippen LogP contribution in [0.25, 0.3) is 16.7 Å². The Hall–Kier alpha value is -4.21. The van der Waals surface area contributed by atoms with Crippen molar-refractivity contribution < 1.29 is 9.59 Å². The van der Waals surface area contributed by atoms with Gasteiger partial charge in [-0.15, -0.1) is 5.10 Å². The van der Waals surface area contributed by atoms with Crippen LogP contribution in [0.2, 0.25) is 0 Å². The van der Waals surface area contributed by atoms with Gasteiger partial charge in [-0.2, -0.15) is 0 Å². The van der Waals surface area contributed by atoms with Crippen LogP contribution in [0.4, 0.5) is 5.69 Å². The van der Waals surface area contributed by atoms with Crippen LogP contribution in [0.3, 0.4) is 0 Å². The summed E-state index contributed by atoms with van der Waals surface area (Å²) in [6.07, 6.45) is 0.764. The van der Waals surface area contributed by atoms with E-state index in [9.17, 15) is 19.2 Å². The maximum atomic E-state index is 13.3. The standard InChI is InChI=1S/C25H28N6O4/c1-6-16(4)26-22(33)17-7-8-19-20(12-17)31-24(29(5)23(19)34)28-30(25(31)35)13-21(32)27-18-10-14(2)9-15(3)11-18/h7-12,16H,6,13H2,1-5H3,(H,26,33)(H,27,32). The summed E-state index contributed by atoms with van der Waals surface area (Å²) in [5.74, 6) is -0.655. The minimum absolute atomic E-state index is 0.0250. The van der Waals surface area contributed by atoms with E-state index in [1.807, 2.05) is 45.9 Å². The number of carbonyl (C=O) groups excluding carboxylic acids is 2. The van der Waals surface area contributed by atoms with Gasteiger partial charge in [0.2, 0.25) is 11.7 Å². The minimum Gasteiger partial charge on any atom is -0.350 e. The molecule has 0 saturated heterocycles. The lowest BCUT2D eigenvalue weighted by atomic mass is 10.1. The van der Waals surface area contributed by atoms with Gasteiger partial charge in [-0.25, -0.2) is 13.9 Å². The Balaban J connectivity index is 1.76. The molecule has 0 fully saturated rings. The zero-order valence-electron chi connectivity index (χ0n) is 20.4. The molecule has 0 aliphatic rings. The van der Waals surface area contributed by atoms with Crippen molar-refractivity contribution in [3.8, 4) is 0 Å². The molecule has 1 unspecified atom stereocenters. The van der Waals surface area contributed by atoms with Crippen molar-refractivity contribution in [2.24, 2.45) is 7.05 Å². The summed E-state index contributed by atoms with van der Waals surface area (Å²) >= 11 is 0. The Morgan fingerprint density at radius 2 is 1.74 bits per heavy atom. The number of hydrogen-bond donors (Lipinski definition) is 2. The summed E-state index contributed by atoms with van der Waals surface area (Å²) in [4.78, 5) is 51.5. The molecular formula is C25H28N6O4. The molecule has 35 heavy (non-hydrogen) atoms. The van der Waals surface area contributed by atoms with Gasteiger partial charge in [-0.3, -0.25) is 19.0 Å². The van der Waals surface area contributed by atoms with Crippen LogP contribution in [-0.2, 0) is 18.4 Å². The molecule has 4 rings (SSSR count). The van der Waals surface area contributed by atoms with Gasteiger partial charge < -0.3 is 10.6 Å². The zero-order chi connectivity index (χ0) is 25.4. The number of anilines is 1. The lowest BCUT2D eigenvalue weighted by Gasteiger charge is -2.12. The number of nitrogens with one attached hydrogen (secondary N) is 2. The van der Waals surface area contributed by atoms with Crippen molar-refractivity contribution in [2.75, 3.05) is 5.32 Å². The lowest BCUT2D eigenvalue weighted by Crippen LogP contribution is -2.32. The van der Waals surface area contributed by atoms with Gasteiger partial charge in [0.25, 0.3) is 11.5 Å². The number of rotatable bonds is 6. The fourth-order valence-corrected chi connectivity index (χ4v) is 4.03. The molecule has 2 N–H and O–H groups in total. The second-order valence-electron chi connectivity index (χ2n) is 8.88. The fraction of sp³-hybridized carbons (Fsp3) is 0.320. The molecule has 0 spiro atoms. The van der Waals surface area contributed by atoms with E-state index in [-0.39, 0.29) is 40.7 Å². The van der Waals surface area contributed by atoms with Crippen LogP contribution in [0.5, 0.6) is 0 Å². The highest BCUT2D eigenvalue weighted by Crippen LogP contribution is 2.15. The second kappa shape index (κ2) is 9.21. The Kier molecular flexibility index (Phi) is 6.29. The molecular weight excluding hydrogens is 448 g/mol. The second-order valence-corrected chi connectivity index (χ2v) is 8.88. The number of amides is 2. The fourth-order valence-electron chi connectivity index (χ4n) is 4.03. The number of aryl methyl sites for hydroxylation is 3. The summed E-state index contributed by atoms with van der Waals surface area (Å²) in [6.45, 7) is 7.38. The normalized spacial score (nSPS) is 12.1. The smallest absolute Gasteiger partial charge is 0.350 e. The predicted octanol–water partition coefficient (Wildman–Crippen LogP) is 2.13. The summed E-state index contributed by atoms with van der Waals surface area (Å²) in [6, 6.07) is 10.2. The molecule has 0 radical (unpaired) electrons. The van der Waals surface area contributed by atoms with E-state index in [4.69, 9.17) is 0 Å². The largest absolute Gasteiger partial charge is 0.352 e. The molecule has 0 aliphatic carbocycles. The van der Waals surface area contributed by atoms with Crippen molar-refractivity contribution in [3.05, 3.63) is 73.9 Å². The molecule has 2 heterocycles. The molecule has 2 aromatic heterocycles. The Labute approximate surface area is 201 Å². The first-order valence-electron chi connectivity index (χ1n) is 11.4. The topological polar surface area (TPSA) is 120 Å². The van der Waals surface area contributed by atoms with Crippen LogP contribution >= 0.6 is 0 Å². The Morgan fingerprint density at radius 3 is 2.40 bits per heavy atom. The van der Waals surface area contributed by atoms with Crippen LogP contribution in [0, 0.1) is 13.8 Å². The van der Waals surface area contributed by atoms with Crippen molar-refractivity contribution in [2.45, 2.75) is 46.7 Å². The first kappa shape index (κ1) is 23.9. The average molecular weight is 477 g/mol. The number of carbonyl (C=O) groups is 2. The van der Waals surface area contributed by atoms with Crippen molar-refractivity contribution in [3.63, 3.8) is 0 Å². The first-order chi connectivity index (χ1) is 16.6. The molecule has 10 heteroatoms. The summed E-state index contributed by atoms with van der Waals surface area (Å²) in [7, 11) is 1.51. The van der Waals surface area contributed by atoms with Crippen LogP contribution < -0.4 is 21.9 Å². The van der Waals surface area contributed by atoms with E-state index in [0.29, 0.717) is 11.3 Å². The molecule has 2 aromatic carbocycles. The highest BCUT2D eigenvalue weighted by molar-refractivity contribution is 5.98. The van der Waals surface area contributed by atoms with Crippen LogP contribution in [0.15, 0.2) is 46.0 Å². The Morgan fingerprint density at radius 1 is 1.06 bits per heavy atom. The summed E-state index contributed by atoms with van der Waals surface area (Å²) in [5, 5.41) is 10.2. The van der Waals surface area contributed by atoms with Gasteiger partial charge in [0.05, 0.1) is 10.9 Å². The van der Waals surface area contributed by atoms with Gasteiger partial charge >= 0.3 is 5.69 Å². The van der Waals surface area contributed by atoms with E-state index in [1.54, 1.807) is 6.07 Å². The predicted molar refractivity (Wildman–Crippen MR) is 134 cm³/mol. The molecule has 2 amide bonds. The van der Waals surface area contributed by atoms with E-state index in [2.05, 4.69) is 15.7 Å². The number of fused-ring (bicyclic) bond motifs is 3. The molecule has 0 saturated carbocycles. The summed E-state index contributed by atoms with van der Waals surface area (Å²) in [5.41, 5.74) is 2.25. The van der Waals surface area contributed by atoms with Gasteiger partial charge in [-0.05, 0) is 68.7 Å². The number of nitrogens with zero attached hydrogens (tertiary/aromatic N) is 4. The average Bonchev–Trinajstić information content (AvgIpc) is 3.12. The molecule has 4 aromatic rings. The van der Waals surface area contributed by atoms with Crippen LogP contribution in [0.1, 0.15) is 41.8 Å². The number of benzene rings is 2.